The van der Waals surface area contributed by atoms with E-state index in [1.165, 1.54) is 19.3 Å². The molecule has 5 nitrogen and oxygen atoms in total. The Morgan fingerprint density at radius 1 is 1.40 bits per heavy atom. The van der Waals surface area contributed by atoms with E-state index < -0.39 is 0 Å². The fourth-order valence-corrected chi connectivity index (χ4v) is 3.55. The zero-order valence-electron chi connectivity index (χ0n) is 11.5. The number of aromatic nitrogens is 2. The molecule has 2 unspecified atom stereocenters. The topological polar surface area (TPSA) is 67.2 Å². The van der Waals surface area contributed by atoms with Crippen LogP contribution in [-0.2, 0) is 11.3 Å². The number of nitrogens with zero attached hydrogens (tertiary/aromatic N) is 2. The van der Waals surface area contributed by atoms with Gasteiger partial charge in [0.15, 0.2) is 0 Å². The van der Waals surface area contributed by atoms with Crippen LogP contribution in [0.3, 0.4) is 0 Å². The number of nitrogens with two attached hydrogens (primary N) is 1. The van der Waals surface area contributed by atoms with Gasteiger partial charge >= 0.3 is 0 Å². The van der Waals surface area contributed by atoms with Crippen molar-refractivity contribution < 1.29 is 4.74 Å². The Hall–Kier alpha value is -1.59. The van der Waals surface area contributed by atoms with Crippen molar-refractivity contribution in [2.45, 2.75) is 38.0 Å². The summed E-state index contributed by atoms with van der Waals surface area (Å²) >= 11 is 0. The van der Waals surface area contributed by atoms with Gasteiger partial charge in [-0.15, -0.1) is 0 Å². The molecule has 0 spiro atoms. The van der Waals surface area contributed by atoms with Gasteiger partial charge in [0.2, 0.25) is 0 Å². The predicted molar refractivity (Wildman–Crippen MR) is 78.3 cm³/mol. The van der Waals surface area contributed by atoms with Crippen molar-refractivity contribution in [3.05, 3.63) is 24.0 Å². The Bertz CT molecular complexity index is 623. The molecule has 2 atom stereocenters. The second-order valence-electron chi connectivity index (χ2n) is 5.84. The number of hydrogen-bond donors (Lipinski definition) is 2. The Balaban J connectivity index is 1.57. The fourth-order valence-electron chi connectivity index (χ4n) is 3.55. The zero-order valence-corrected chi connectivity index (χ0v) is 11.5. The number of rotatable bonds is 2. The number of anilines is 1. The van der Waals surface area contributed by atoms with E-state index in [4.69, 9.17) is 10.5 Å². The molecule has 1 aromatic carbocycles. The Labute approximate surface area is 118 Å². The normalized spacial score (nSPS) is 27.0. The Morgan fingerprint density at radius 2 is 2.35 bits per heavy atom. The summed E-state index contributed by atoms with van der Waals surface area (Å²) in [6.07, 6.45) is 4.17. The zero-order chi connectivity index (χ0) is 13.5. The number of imidazole rings is 1. The van der Waals surface area contributed by atoms with Gasteiger partial charge in [-0.1, -0.05) is 0 Å². The van der Waals surface area contributed by atoms with Gasteiger partial charge in [-0.25, -0.2) is 4.98 Å². The first-order chi connectivity index (χ1) is 9.79. The number of ether oxygens (including phenoxy) is 1. The molecule has 20 heavy (non-hydrogen) atoms. The molecule has 0 radical (unpaired) electrons. The largest absolute Gasteiger partial charge is 0.399 e. The van der Waals surface area contributed by atoms with E-state index in [2.05, 4.69) is 14.9 Å². The first-order valence-corrected chi connectivity index (χ1v) is 7.39. The van der Waals surface area contributed by atoms with Crippen molar-refractivity contribution >= 4 is 16.7 Å². The molecular weight excluding hydrogens is 252 g/mol. The van der Waals surface area contributed by atoms with Crippen molar-refractivity contribution in [1.29, 1.82) is 0 Å². The third kappa shape index (κ3) is 2.07. The highest BCUT2D eigenvalue weighted by Gasteiger charge is 2.36. The van der Waals surface area contributed by atoms with Gasteiger partial charge in [0.25, 0.3) is 0 Å². The average Bonchev–Trinajstić information content (AvgIpc) is 3.04. The lowest BCUT2D eigenvalue weighted by molar-refractivity contribution is -0.0595. The van der Waals surface area contributed by atoms with Crippen LogP contribution in [0.5, 0.6) is 0 Å². The van der Waals surface area contributed by atoms with E-state index in [0.29, 0.717) is 12.1 Å². The summed E-state index contributed by atoms with van der Waals surface area (Å²) in [5.41, 5.74) is 8.60. The van der Waals surface area contributed by atoms with Crippen LogP contribution in [0, 0.1) is 0 Å². The maximum atomic E-state index is 5.86. The maximum Gasteiger partial charge on any atom is 0.121 e. The third-order valence-corrected chi connectivity index (χ3v) is 4.50. The van der Waals surface area contributed by atoms with Crippen LogP contribution in [-0.4, -0.2) is 40.2 Å². The molecule has 3 N–H and O–H groups in total. The lowest BCUT2D eigenvalue weighted by Gasteiger charge is -2.37. The minimum Gasteiger partial charge on any atom is -0.399 e. The van der Waals surface area contributed by atoms with E-state index in [1.807, 2.05) is 18.2 Å². The number of benzene rings is 1. The molecule has 0 amide bonds. The SMILES string of the molecule is Nc1ccc2nc(CN3CCOC4CCCC43)[nH]c2c1. The molecule has 106 valence electrons. The second-order valence-corrected chi connectivity index (χ2v) is 5.84. The summed E-state index contributed by atoms with van der Waals surface area (Å²) in [4.78, 5) is 10.6. The van der Waals surface area contributed by atoms with E-state index >= 15 is 0 Å². The van der Waals surface area contributed by atoms with E-state index in [0.717, 1.165) is 42.2 Å². The molecule has 1 saturated heterocycles. The molecular formula is C15H20N4O. The summed E-state index contributed by atoms with van der Waals surface area (Å²) < 4.78 is 5.86. The number of nitrogen functional groups attached to an aromatic ring is 1. The van der Waals surface area contributed by atoms with Gasteiger partial charge in [-0.05, 0) is 37.5 Å². The lowest BCUT2D eigenvalue weighted by atomic mass is 10.1. The molecule has 2 fully saturated rings. The van der Waals surface area contributed by atoms with Crippen molar-refractivity contribution in [3.8, 4) is 0 Å². The summed E-state index contributed by atoms with van der Waals surface area (Å²) in [5, 5.41) is 0. The minimum atomic E-state index is 0.434. The molecule has 1 aliphatic heterocycles. The first kappa shape index (κ1) is 12.2. The monoisotopic (exact) mass is 272 g/mol. The third-order valence-electron chi connectivity index (χ3n) is 4.50. The average molecular weight is 272 g/mol. The van der Waals surface area contributed by atoms with E-state index in [-0.39, 0.29) is 0 Å². The van der Waals surface area contributed by atoms with Gasteiger partial charge in [0, 0.05) is 18.3 Å². The van der Waals surface area contributed by atoms with Crippen LogP contribution in [0.1, 0.15) is 25.1 Å². The number of morpholine rings is 1. The van der Waals surface area contributed by atoms with Crippen molar-refractivity contribution in [2.24, 2.45) is 0 Å². The highest BCUT2D eigenvalue weighted by Crippen LogP contribution is 2.30. The summed E-state index contributed by atoms with van der Waals surface area (Å²) in [6.45, 7) is 2.72. The van der Waals surface area contributed by atoms with Gasteiger partial charge in [0.1, 0.15) is 5.82 Å². The van der Waals surface area contributed by atoms with Crippen LogP contribution in [0.25, 0.3) is 11.0 Å². The van der Waals surface area contributed by atoms with Gasteiger partial charge in [-0.3, -0.25) is 4.90 Å². The number of nitrogens with one attached hydrogen (secondary N) is 1. The van der Waals surface area contributed by atoms with Crippen molar-refractivity contribution in [2.75, 3.05) is 18.9 Å². The van der Waals surface area contributed by atoms with Crippen LogP contribution in [0.2, 0.25) is 0 Å². The standard InChI is InChI=1S/C15H20N4O/c16-10-4-5-11-12(8-10)18-15(17-11)9-19-6-7-20-14-3-1-2-13(14)19/h4-5,8,13-14H,1-3,6-7,9,16H2,(H,17,18). The number of H-pyrrole nitrogens is 1. The predicted octanol–water partition coefficient (Wildman–Crippen LogP) is 1.90. The molecule has 2 aromatic rings. The van der Waals surface area contributed by atoms with E-state index in [9.17, 15) is 0 Å². The lowest BCUT2D eigenvalue weighted by Crippen LogP contribution is -2.48. The molecule has 2 aliphatic rings. The minimum absolute atomic E-state index is 0.434. The second kappa shape index (κ2) is 4.75. The molecule has 2 heterocycles. The summed E-state index contributed by atoms with van der Waals surface area (Å²) in [5.74, 6) is 1.03. The maximum absolute atomic E-state index is 5.86. The van der Waals surface area contributed by atoms with Crippen molar-refractivity contribution in [3.63, 3.8) is 0 Å². The van der Waals surface area contributed by atoms with Crippen LogP contribution < -0.4 is 5.73 Å². The fraction of sp³-hybridized carbons (Fsp3) is 0.533. The number of aromatic amines is 1. The molecule has 1 aromatic heterocycles. The molecule has 1 saturated carbocycles. The number of fused-ring (bicyclic) bond motifs is 2. The van der Waals surface area contributed by atoms with Crippen LogP contribution in [0.15, 0.2) is 18.2 Å². The molecule has 1 aliphatic carbocycles. The molecule has 4 rings (SSSR count). The highest BCUT2D eigenvalue weighted by molar-refractivity contribution is 5.78. The van der Waals surface area contributed by atoms with E-state index in [1.54, 1.807) is 0 Å². The van der Waals surface area contributed by atoms with Gasteiger partial charge < -0.3 is 15.5 Å². The summed E-state index contributed by atoms with van der Waals surface area (Å²) in [7, 11) is 0. The van der Waals surface area contributed by atoms with Crippen LogP contribution in [0.4, 0.5) is 5.69 Å². The van der Waals surface area contributed by atoms with Crippen molar-refractivity contribution in [1.82, 2.24) is 14.9 Å². The summed E-state index contributed by atoms with van der Waals surface area (Å²) in [6, 6.07) is 6.39. The molecule has 5 heteroatoms. The van der Waals surface area contributed by atoms with Gasteiger partial charge in [0.05, 0.1) is 30.3 Å². The first-order valence-electron chi connectivity index (χ1n) is 7.39. The smallest absolute Gasteiger partial charge is 0.121 e. The number of hydrogen-bond acceptors (Lipinski definition) is 4. The highest BCUT2D eigenvalue weighted by atomic mass is 16.5. The Morgan fingerprint density at radius 3 is 3.30 bits per heavy atom. The van der Waals surface area contributed by atoms with Gasteiger partial charge in [-0.2, -0.15) is 0 Å². The Kier molecular flexibility index (Phi) is 2.89. The quantitative estimate of drug-likeness (QED) is 0.819. The van der Waals surface area contributed by atoms with Crippen LogP contribution >= 0.6 is 0 Å². The molecule has 0 bridgehead atoms.